The van der Waals surface area contributed by atoms with Crippen LogP contribution in [-0.4, -0.2) is 33.1 Å². The van der Waals surface area contributed by atoms with Crippen molar-refractivity contribution in [2.75, 3.05) is 4.90 Å². The molecule has 0 aromatic heterocycles. The predicted molar refractivity (Wildman–Crippen MR) is 107 cm³/mol. The summed E-state index contributed by atoms with van der Waals surface area (Å²) in [5.41, 5.74) is 7.83. The Morgan fingerprint density at radius 2 is 1.78 bits per heavy atom. The van der Waals surface area contributed by atoms with E-state index >= 15 is 0 Å². The second-order valence-corrected chi connectivity index (χ2v) is 7.11. The quantitative estimate of drug-likeness (QED) is 0.365. The number of rotatable bonds is 4. The van der Waals surface area contributed by atoms with Gasteiger partial charge >= 0.3 is 0 Å². The molecule has 1 saturated heterocycles. The summed E-state index contributed by atoms with van der Waals surface area (Å²) >= 11 is 1.03. The van der Waals surface area contributed by atoms with Crippen LogP contribution in [0, 0.1) is 0 Å². The number of benzene rings is 2. The van der Waals surface area contributed by atoms with Gasteiger partial charge in [-0.15, -0.1) is 5.10 Å². The van der Waals surface area contributed by atoms with Crippen molar-refractivity contribution < 1.29 is 14.7 Å². The lowest BCUT2D eigenvalue weighted by Crippen LogP contribution is -2.31. The fourth-order valence-corrected chi connectivity index (χ4v) is 3.41. The van der Waals surface area contributed by atoms with Gasteiger partial charge < -0.3 is 10.8 Å². The zero-order valence-electron chi connectivity index (χ0n) is 14.6. The monoisotopic (exact) mass is 382 g/mol. The summed E-state index contributed by atoms with van der Waals surface area (Å²) < 4.78 is 0. The van der Waals surface area contributed by atoms with Crippen molar-refractivity contribution >= 4 is 40.1 Å². The van der Waals surface area contributed by atoms with Gasteiger partial charge in [0.2, 0.25) is 11.8 Å². The van der Waals surface area contributed by atoms with Gasteiger partial charge in [-0.25, -0.2) is 4.90 Å². The number of amides is 2. The van der Waals surface area contributed by atoms with Gasteiger partial charge in [-0.3, -0.25) is 9.59 Å². The van der Waals surface area contributed by atoms with E-state index in [0.717, 1.165) is 17.3 Å². The first-order valence-electron chi connectivity index (χ1n) is 8.21. The first-order chi connectivity index (χ1) is 13.0. The van der Waals surface area contributed by atoms with E-state index in [4.69, 9.17) is 5.73 Å². The minimum atomic E-state index is -0.620. The Morgan fingerprint density at radius 3 is 2.44 bits per heavy atom. The number of amidine groups is 1. The van der Waals surface area contributed by atoms with Crippen LogP contribution < -0.4 is 10.6 Å². The highest BCUT2D eigenvalue weighted by molar-refractivity contribution is 8.14. The van der Waals surface area contributed by atoms with Gasteiger partial charge in [0.05, 0.1) is 11.4 Å². The van der Waals surface area contributed by atoms with Crippen molar-refractivity contribution in [3.8, 4) is 5.75 Å². The van der Waals surface area contributed by atoms with Crippen LogP contribution in [0.15, 0.2) is 64.8 Å². The van der Waals surface area contributed by atoms with Crippen molar-refractivity contribution in [1.29, 1.82) is 0 Å². The van der Waals surface area contributed by atoms with Gasteiger partial charge in [-0.2, -0.15) is 5.10 Å². The molecule has 0 bridgehead atoms. The number of nitrogens with zero attached hydrogens (tertiary/aromatic N) is 3. The van der Waals surface area contributed by atoms with Crippen molar-refractivity contribution in [2.45, 2.75) is 18.6 Å². The fraction of sp³-hybridized carbons (Fsp3) is 0.158. The molecule has 3 N–H and O–H groups in total. The van der Waals surface area contributed by atoms with E-state index in [1.54, 1.807) is 55.5 Å². The average Bonchev–Trinajstić information content (AvgIpc) is 2.94. The minimum absolute atomic E-state index is 0.0648. The lowest BCUT2D eigenvalue weighted by Gasteiger charge is -2.14. The summed E-state index contributed by atoms with van der Waals surface area (Å²) in [4.78, 5) is 26.0. The zero-order chi connectivity index (χ0) is 19.4. The van der Waals surface area contributed by atoms with Crippen LogP contribution in [0.3, 0.4) is 0 Å². The standard InChI is InChI=1S/C19H18N4O3S/c1-12(13-7-9-15(24)10-8-13)21-22-19(20)27-16-11-17(25)23(18(16)26)14-5-3-2-4-6-14/h2-10,16,24H,11H2,1H3,(H2,20,22). The Labute approximate surface area is 160 Å². The number of carbonyl (C=O) groups excluding carboxylic acids is 2. The maximum Gasteiger partial charge on any atom is 0.247 e. The molecular formula is C19H18N4O3S. The Kier molecular flexibility index (Phi) is 5.56. The summed E-state index contributed by atoms with van der Waals surface area (Å²) in [6, 6.07) is 15.3. The lowest BCUT2D eigenvalue weighted by molar-refractivity contribution is -0.121. The van der Waals surface area contributed by atoms with Gasteiger partial charge in [0.1, 0.15) is 11.0 Å². The smallest absolute Gasteiger partial charge is 0.247 e. The van der Waals surface area contributed by atoms with Crippen molar-refractivity contribution in [3.63, 3.8) is 0 Å². The molecule has 8 heteroatoms. The fourth-order valence-electron chi connectivity index (χ4n) is 2.60. The molecule has 0 radical (unpaired) electrons. The van der Waals surface area contributed by atoms with Gasteiger partial charge in [-0.05, 0) is 48.9 Å². The third kappa shape index (κ3) is 4.35. The second-order valence-electron chi connectivity index (χ2n) is 5.88. The van der Waals surface area contributed by atoms with Crippen molar-refractivity contribution in [2.24, 2.45) is 15.9 Å². The molecule has 0 spiro atoms. The molecule has 7 nitrogen and oxygen atoms in total. The van der Waals surface area contributed by atoms with E-state index in [1.807, 2.05) is 6.07 Å². The van der Waals surface area contributed by atoms with Gasteiger partial charge in [0.25, 0.3) is 0 Å². The molecule has 1 atom stereocenters. The van der Waals surface area contributed by atoms with Crippen molar-refractivity contribution in [1.82, 2.24) is 0 Å². The van der Waals surface area contributed by atoms with E-state index in [1.165, 1.54) is 4.90 Å². The number of hydrogen-bond donors (Lipinski definition) is 2. The third-order valence-electron chi connectivity index (χ3n) is 3.97. The molecule has 2 aromatic rings. The minimum Gasteiger partial charge on any atom is -0.508 e. The highest BCUT2D eigenvalue weighted by Gasteiger charge is 2.40. The van der Waals surface area contributed by atoms with Crippen molar-refractivity contribution in [3.05, 3.63) is 60.2 Å². The number of carbonyl (C=O) groups is 2. The van der Waals surface area contributed by atoms with E-state index in [-0.39, 0.29) is 29.2 Å². The van der Waals surface area contributed by atoms with Crippen LogP contribution in [0.1, 0.15) is 18.9 Å². The maximum absolute atomic E-state index is 12.6. The average molecular weight is 382 g/mol. The highest BCUT2D eigenvalue weighted by atomic mass is 32.2. The number of anilines is 1. The van der Waals surface area contributed by atoms with Crippen LogP contribution in [0.2, 0.25) is 0 Å². The van der Waals surface area contributed by atoms with Crippen LogP contribution in [0.25, 0.3) is 0 Å². The number of aromatic hydroxyl groups is 1. The number of hydrogen-bond acceptors (Lipinski definition) is 6. The molecule has 1 aliphatic heterocycles. The summed E-state index contributed by atoms with van der Waals surface area (Å²) in [6.45, 7) is 1.76. The molecule has 27 heavy (non-hydrogen) atoms. The maximum atomic E-state index is 12.6. The summed E-state index contributed by atoms with van der Waals surface area (Å²) in [5, 5.41) is 16.8. The Bertz CT molecular complexity index is 910. The molecule has 3 rings (SSSR count). The number of para-hydroxylation sites is 1. The molecule has 2 aromatic carbocycles. The van der Waals surface area contributed by atoms with Crippen LogP contribution in [-0.2, 0) is 9.59 Å². The molecule has 1 unspecified atom stereocenters. The largest absolute Gasteiger partial charge is 0.508 e. The highest BCUT2D eigenvalue weighted by Crippen LogP contribution is 2.29. The summed E-state index contributed by atoms with van der Waals surface area (Å²) in [7, 11) is 0. The van der Waals surface area contributed by atoms with Gasteiger partial charge in [0.15, 0.2) is 5.17 Å². The molecule has 1 fully saturated rings. The van der Waals surface area contributed by atoms with Gasteiger partial charge in [-0.1, -0.05) is 30.0 Å². The number of phenolic OH excluding ortho intramolecular Hbond substituents is 1. The number of imide groups is 1. The molecule has 138 valence electrons. The molecule has 2 amide bonds. The van der Waals surface area contributed by atoms with E-state index in [2.05, 4.69) is 10.2 Å². The number of nitrogens with two attached hydrogens (primary N) is 1. The molecule has 1 aliphatic rings. The Balaban J connectivity index is 1.68. The van der Waals surface area contributed by atoms with Crippen LogP contribution in [0.5, 0.6) is 5.75 Å². The van der Waals surface area contributed by atoms with E-state index in [0.29, 0.717) is 11.4 Å². The first kappa shape index (κ1) is 18.7. The SMILES string of the molecule is CC(=NN=C(N)SC1CC(=O)N(c2ccccc2)C1=O)c1ccc(O)cc1. The normalized spacial score (nSPS) is 18.3. The molecular weight excluding hydrogens is 364 g/mol. The van der Waals surface area contributed by atoms with E-state index in [9.17, 15) is 14.7 Å². The van der Waals surface area contributed by atoms with Crippen LogP contribution in [0.4, 0.5) is 5.69 Å². The van der Waals surface area contributed by atoms with Crippen LogP contribution >= 0.6 is 11.8 Å². The molecule has 0 aliphatic carbocycles. The summed E-state index contributed by atoms with van der Waals surface area (Å²) in [6.07, 6.45) is 0.0648. The first-order valence-corrected chi connectivity index (χ1v) is 9.09. The summed E-state index contributed by atoms with van der Waals surface area (Å²) in [5.74, 6) is -0.411. The lowest BCUT2D eigenvalue weighted by atomic mass is 10.1. The Morgan fingerprint density at radius 1 is 1.11 bits per heavy atom. The second kappa shape index (κ2) is 8.05. The number of thioether (sulfide) groups is 1. The molecule has 1 heterocycles. The zero-order valence-corrected chi connectivity index (χ0v) is 15.4. The topological polar surface area (TPSA) is 108 Å². The van der Waals surface area contributed by atoms with Gasteiger partial charge in [0, 0.05) is 6.42 Å². The third-order valence-corrected chi connectivity index (χ3v) is 4.94. The predicted octanol–water partition coefficient (Wildman–Crippen LogP) is 2.50. The number of phenols is 1. The Hall–Kier alpha value is -3.13. The van der Waals surface area contributed by atoms with E-state index < -0.39 is 5.25 Å². The molecule has 0 saturated carbocycles.